The van der Waals surface area contributed by atoms with Crippen LogP contribution < -0.4 is 0 Å². The molecule has 0 aliphatic rings. The van der Waals surface area contributed by atoms with Crippen molar-refractivity contribution < 1.29 is 4.79 Å². The van der Waals surface area contributed by atoms with Gasteiger partial charge in [-0.05, 0) is 30.4 Å². The third-order valence-corrected chi connectivity index (χ3v) is 2.63. The lowest BCUT2D eigenvalue weighted by Gasteiger charge is -2.04. The van der Waals surface area contributed by atoms with Gasteiger partial charge in [-0.25, -0.2) is 0 Å². The molecular formula is C13H13NO. The minimum absolute atomic E-state index is 0.0961. The van der Waals surface area contributed by atoms with Crippen molar-refractivity contribution in [2.75, 3.05) is 0 Å². The van der Waals surface area contributed by atoms with Gasteiger partial charge >= 0.3 is 0 Å². The molecule has 0 saturated carbocycles. The van der Waals surface area contributed by atoms with Crippen molar-refractivity contribution in [3.05, 3.63) is 41.7 Å². The van der Waals surface area contributed by atoms with Crippen LogP contribution in [0.2, 0.25) is 0 Å². The van der Waals surface area contributed by atoms with Gasteiger partial charge in [0.1, 0.15) is 0 Å². The van der Waals surface area contributed by atoms with Crippen LogP contribution in [0, 0.1) is 0 Å². The van der Waals surface area contributed by atoms with Crippen molar-refractivity contribution >= 4 is 16.6 Å². The standard InChI is InChI=1S/C13H13NO/c1-3-10-7-14-8-12-6-11(9(2)15)4-5-13(10)12/h4-8H,3H2,1-2H3. The van der Waals surface area contributed by atoms with E-state index in [2.05, 4.69) is 11.9 Å². The Labute approximate surface area is 89.0 Å². The van der Waals surface area contributed by atoms with E-state index in [1.165, 1.54) is 10.9 Å². The molecule has 0 bridgehead atoms. The number of ketones is 1. The zero-order valence-corrected chi connectivity index (χ0v) is 8.95. The molecule has 2 aromatic rings. The largest absolute Gasteiger partial charge is 0.295 e. The van der Waals surface area contributed by atoms with Gasteiger partial charge in [-0.3, -0.25) is 9.78 Å². The fourth-order valence-electron chi connectivity index (χ4n) is 1.74. The molecule has 0 spiro atoms. The molecule has 0 aliphatic heterocycles. The highest BCUT2D eigenvalue weighted by Gasteiger charge is 2.03. The third kappa shape index (κ3) is 1.75. The number of carbonyl (C=O) groups is 1. The number of Topliss-reactive ketones (excluding diaryl/α,β-unsaturated/α-hetero) is 1. The van der Waals surface area contributed by atoms with E-state index in [0.29, 0.717) is 0 Å². The van der Waals surface area contributed by atoms with E-state index in [-0.39, 0.29) is 5.78 Å². The van der Waals surface area contributed by atoms with Gasteiger partial charge in [0.15, 0.2) is 5.78 Å². The Morgan fingerprint density at radius 2 is 2.13 bits per heavy atom. The van der Waals surface area contributed by atoms with Crippen LogP contribution in [0.3, 0.4) is 0 Å². The van der Waals surface area contributed by atoms with E-state index in [0.717, 1.165) is 17.4 Å². The fraction of sp³-hybridized carbons (Fsp3) is 0.231. The number of benzene rings is 1. The first-order valence-electron chi connectivity index (χ1n) is 5.10. The molecule has 2 rings (SSSR count). The van der Waals surface area contributed by atoms with Crippen LogP contribution in [0.15, 0.2) is 30.6 Å². The van der Waals surface area contributed by atoms with Crippen LogP contribution >= 0.6 is 0 Å². The molecule has 1 aromatic heterocycles. The normalized spacial score (nSPS) is 10.5. The Kier molecular flexibility index (Phi) is 2.50. The van der Waals surface area contributed by atoms with E-state index in [1.54, 1.807) is 13.1 Å². The summed E-state index contributed by atoms with van der Waals surface area (Å²) >= 11 is 0. The molecule has 0 atom stereocenters. The highest BCUT2D eigenvalue weighted by atomic mass is 16.1. The van der Waals surface area contributed by atoms with Gasteiger partial charge in [0.05, 0.1) is 0 Å². The Morgan fingerprint density at radius 3 is 2.80 bits per heavy atom. The lowest BCUT2D eigenvalue weighted by molar-refractivity contribution is 0.101. The monoisotopic (exact) mass is 199 g/mol. The Hall–Kier alpha value is -1.70. The van der Waals surface area contributed by atoms with Gasteiger partial charge < -0.3 is 0 Å². The number of nitrogens with zero attached hydrogens (tertiary/aromatic N) is 1. The molecule has 0 unspecified atom stereocenters. The first kappa shape index (κ1) is 9.84. The molecule has 0 saturated heterocycles. The zero-order valence-electron chi connectivity index (χ0n) is 8.95. The highest BCUT2D eigenvalue weighted by molar-refractivity contribution is 5.98. The summed E-state index contributed by atoms with van der Waals surface area (Å²) in [5.74, 6) is 0.0961. The lowest BCUT2D eigenvalue weighted by atomic mass is 10.0. The molecule has 2 nitrogen and oxygen atoms in total. The first-order chi connectivity index (χ1) is 7.22. The van der Waals surface area contributed by atoms with Gasteiger partial charge in [0.2, 0.25) is 0 Å². The Morgan fingerprint density at radius 1 is 1.33 bits per heavy atom. The van der Waals surface area contributed by atoms with Crippen LogP contribution in [0.1, 0.15) is 29.8 Å². The van der Waals surface area contributed by atoms with Gasteiger partial charge in [0, 0.05) is 23.3 Å². The van der Waals surface area contributed by atoms with Gasteiger partial charge in [0.25, 0.3) is 0 Å². The molecule has 1 heterocycles. The quantitative estimate of drug-likeness (QED) is 0.696. The highest BCUT2D eigenvalue weighted by Crippen LogP contribution is 2.19. The number of aryl methyl sites for hydroxylation is 1. The maximum atomic E-state index is 11.2. The average molecular weight is 199 g/mol. The molecule has 76 valence electrons. The fourth-order valence-corrected chi connectivity index (χ4v) is 1.74. The number of hydrogen-bond acceptors (Lipinski definition) is 2. The van der Waals surface area contributed by atoms with Crippen molar-refractivity contribution in [1.82, 2.24) is 4.98 Å². The summed E-state index contributed by atoms with van der Waals surface area (Å²) in [6.45, 7) is 3.69. The number of pyridine rings is 1. The van der Waals surface area contributed by atoms with Crippen molar-refractivity contribution in [2.24, 2.45) is 0 Å². The predicted molar refractivity (Wildman–Crippen MR) is 61.1 cm³/mol. The minimum Gasteiger partial charge on any atom is -0.295 e. The molecule has 0 amide bonds. The second kappa shape index (κ2) is 3.81. The number of aromatic nitrogens is 1. The summed E-state index contributed by atoms with van der Waals surface area (Å²) in [6.07, 6.45) is 4.65. The molecule has 0 N–H and O–H groups in total. The zero-order chi connectivity index (χ0) is 10.8. The summed E-state index contributed by atoms with van der Waals surface area (Å²) in [5.41, 5.74) is 1.97. The number of rotatable bonds is 2. The average Bonchev–Trinajstić information content (AvgIpc) is 2.27. The lowest BCUT2D eigenvalue weighted by Crippen LogP contribution is -1.93. The van der Waals surface area contributed by atoms with Crippen molar-refractivity contribution in [1.29, 1.82) is 0 Å². The summed E-state index contributed by atoms with van der Waals surface area (Å²) < 4.78 is 0. The summed E-state index contributed by atoms with van der Waals surface area (Å²) in [7, 11) is 0. The smallest absolute Gasteiger partial charge is 0.159 e. The first-order valence-corrected chi connectivity index (χ1v) is 5.10. The molecule has 2 heteroatoms. The maximum absolute atomic E-state index is 11.2. The van der Waals surface area contributed by atoms with Crippen LogP contribution in [0.5, 0.6) is 0 Å². The van der Waals surface area contributed by atoms with Gasteiger partial charge in [-0.15, -0.1) is 0 Å². The molecule has 0 radical (unpaired) electrons. The SMILES string of the molecule is CCc1cncc2cc(C(C)=O)ccc12. The molecule has 15 heavy (non-hydrogen) atoms. The number of hydrogen-bond donors (Lipinski definition) is 0. The second-order valence-corrected chi connectivity index (χ2v) is 3.64. The van der Waals surface area contributed by atoms with Gasteiger partial charge in [-0.2, -0.15) is 0 Å². The Bertz CT molecular complexity index is 517. The van der Waals surface area contributed by atoms with Crippen molar-refractivity contribution in [3.63, 3.8) is 0 Å². The second-order valence-electron chi connectivity index (χ2n) is 3.64. The van der Waals surface area contributed by atoms with E-state index in [1.807, 2.05) is 24.4 Å². The van der Waals surface area contributed by atoms with E-state index in [4.69, 9.17) is 0 Å². The summed E-state index contributed by atoms with van der Waals surface area (Å²) in [4.78, 5) is 15.4. The van der Waals surface area contributed by atoms with Crippen LogP contribution in [0.4, 0.5) is 0 Å². The predicted octanol–water partition coefficient (Wildman–Crippen LogP) is 3.00. The number of carbonyl (C=O) groups excluding carboxylic acids is 1. The minimum atomic E-state index is 0.0961. The summed E-state index contributed by atoms with van der Waals surface area (Å²) in [5, 5.41) is 2.24. The van der Waals surface area contributed by atoms with Crippen LogP contribution in [0.25, 0.3) is 10.8 Å². The van der Waals surface area contributed by atoms with Crippen molar-refractivity contribution in [2.45, 2.75) is 20.3 Å². The molecule has 1 aromatic carbocycles. The topological polar surface area (TPSA) is 30.0 Å². The maximum Gasteiger partial charge on any atom is 0.159 e. The van der Waals surface area contributed by atoms with Crippen molar-refractivity contribution in [3.8, 4) is 0 Å². The molecular weight excluding hydrogens is 186 g/mol. The van der Waals surface area contributed by atoms with E-state index in [9.17, 15) is 4.79 Å². The van der Waals surface area contributed by atoms with E-state index >= 15 is 0 Å². The number of fused-ring (bicyclic) bond motifs is 1. The molecule has 0 fully saturated rings. The third-order valence-electron chi connectivity index (χ3n) is 2.63. The van der Waals surface area contributed by atoms with Crippen LogP contribution in [-0.4, -0.2) is 10.8 Å². The van der Waals surface area contributed by atoms with Crippen LogP contribution in [-0.2, 0) is 6.42 Å². The van der Waals surface area contributed by atoms with E-state index < -0.39 is 0 Å². The molecule has 0 aliphatic carbocycles. The summed E-state index contributed by atoms with van der Waals surface area (Å²) in [6, 6.07) is 5.79. The van der Waals surface area contributed by atoms with Gasteiger partial charge in [-0.1, -0.05) is 19.1 Å². The Balaban J connectivity index is 2.69.